The van der Waals surface area contributed by atoms with Crippen LogP contribution in [0.2, 0.25) is 0 Å². The first kappa shape index (κ1) is 24.2. The third-order valence-corrected chi connectivity index (χ3v) is 9.91. The Hall–Kier alpha value is -3.11. The molecular weight excluding hydrogens is 496 g/mol. The molecule has 0 radical (unpaired) electrons. The summed E-state index contributed by atoms with van der Waals surface area (Å²) in [6.45, 7) is 3.66. The van der Waals surface area contributed by atoms with Gasteiger partial charge in [-0.1, -0.05) is 12.5 Å². The molecule has 3 aliphatic rings. The first-order chi connectivity index (χ1) is 17.8. The van der Waals surface area contributed by atoms with E-state index in [2.05, 4.69) is 23.1 Å². The van der Waals surface area contributed by atoms with Gasteiger partial charge in [-0.25, -0.2) is 21.9 Å². The topological polar surface area (TPSA) is 71.3 Å². The summed E-state index contributed by atoms with van der Waals surface area (Å²) in [6, 6.07) is 7.87. The maximum Gasteiger partial charge on any atom is 0.244 e. The van der Waals surface area contributed by atoms with E-state index in [1.807, 2.05) is 15.8 Å². The summed E-state index contributed by atoms with van der Waals surface area (Å²) in [4.78, 5) is 6.18. The van der Waals surface area contributed by atoms with E-state index in [4.69, 9.17) is 0 Å². The van der Waals surface area contributed by atoms with Gasteiger partial charge in [0.05, 0.1) is 29.5 Å². The van der Waals surface area contributed by atoms with Gasteiger partial charge in [-0.15, -0.1) is 0 Å². The van der Waals surface area contributed by atoms with E-state index in [1.54, 1.807) is 28.7 Å². The molecule has 0 unspecified atom stereocenters. The highest BCUT2D eigenvalue weighted by Crippen LogP contribution is 2.47. The van der Waals surface area contributed by atoms with Crippen molar-refractivity contribution < 1.29 is 17.2 Å². The number of nitrogens with zero attached hydrogens (tertiary/aromatic N) is 5. The number of alkyl halides is 1. The SMILES string of the molecule is CC[C@]12Cc3cnn(-c4ccc(F)cc4)c3C=C1CCN(S(=O)(=O)c1cncc(N3CC[C@@H](F)C3)c1)C2. The smallest absolute Gasteiger partial charge is 0.244 e. The van der Waals surface area contributed by atoms with Crippen molar-refractivity contribution in [3.05, 3.63) is 71.6 Å². The molecule has 37 heavy (non-hydrogen) atoms. The van der Waals surface area contributed by atoms with Gasteiger partial charge in [0.1, 0.15) is 16.9 Å². The van der Waals surface area contributed by atoms with Crippen LogP contribution in [0.15, 0.2) is 59.4 Å². The van der Waals surface area contributed by atoms with Gasteiger partial charge >= 0.3 is 0 Å². The predicted molar refractivity (Wildman–Crippen MR) is 137 cm³/mol. The molecule has 1 aromatic carbocycles. The molecule has 2 aromatic heterocycles. The summed E-state index contributed by atoms with van der Waals surface area (Å²) in [5.41, 5.74) is 4.34. The van der Waals surface area contributed by atoms with Gasteiger partial charge in [-0.3, -0.25) is 4.98 Å². The van der Waals surface area contributed by atoms with Crippen LogP contribution in [0.4, 0.5) is 14.5 Å². The average molecular weight is 526 g/mol. The van der Waals surface area contributed by atoms with Crippen molar-refractivity contribution in [3.8, 4) is 5.69 Å². The van der Waals surface area contributed by atoms with Crippen LogP contribution in [0.1, 0.15) is 37.4 Å². The van der Waals surface area contributed by atoms with E-state index in [0.29, 0.717) is 44.6 Å². The Balaban J connectivity index is 1.29. The molecule has 0 amide bonds. The minimum atomic E-state index is -3.78. The number of halogens is 2. The standard InChI is InChI=1S/C27H29F2N5O2S/c1-2-27-13-19-14-31-34(23-5-3-21(28)4-6-23)26(19)11-20(27)7-10-33(18-27)37(35,36)25-12-24(15-30-16-25)32-9-8-22(29)17-32/h3-6,11-12,14-16,22H,2,7-10,13,17-18H2,1H3/t22-,27-/m1/s1. The number of hydrogen-bond donors (Lipinski definition) is 0. The monoisotopic (exact) mass is 525 g/mol. The van der Waals surface area contributed by atoms with Crippen LogP contribution in [-0.4, -0.2) is 59.8 Å². The Morgan fingerprint density at radius 3 is 2.65 bits per heavy atom. The Labute approximate surface area is 215 Å². The molecule has 10 heteroatoms. The molecule has 0 bridgehead atoms. The summed E-state index contributed by atoms with van der Waals surface area (Å²) < 4.78 is 58.0. The third-order valence-electron chi connectivity index (χ3n) is 8.10. The first-order valence-corrected chi connectivity index (χ1v) is 14.1. The van der Waals surface area contributed by atoms with Gasteiger partial charge in [0, 0.05) is 37.8 Å². The van der Waals surface area contributed by atoms with Crippen LogP contribution in [0.5, 0.6) is 0 Å². The lowest BCUT2D eigenvalue weighted by molar-refractivity contribution is 0.204. The lowest BCUT2D eigenvalue weighted by Gasteiger charge is -2.45. The average Bonchev–Trinajstić information content (AvgIpc) is 3.53. The van der Waals surface area contributed by atoms with Crippen LogP contribution in [0.25, 0.3) is 11.8 Å². The fourth-order valence-corrected chi connectivity index (χ4v) is 7.42. The van der Waals surface area contributed by atoms with E-state index in [0.717, 1.165) is 23.4 Å². The Bertz CT molecular complexity index is 1470. The van der Waals surface area contributed by atoms with Crippen LogP contribution in [-0.2, 0) is 16.4 Å². The first-order valence-electron chi connectivity index (χ1n) is 12.7. The van der Waals surface area contributed by atoms with Gasteiger partial charge in [-0.05, 0) is 67.7 Å². The highest BCUT2D eigenvalue weighted by Gasteiger charge is 2.45. The third kappa shape index (κ3) is 4.16. The maximum atomic E-state index is 13.7. The van der Waals surface area contributed by atoms with Crippen molar-refractivity contribution in [1.82, 2.24) is 19.1 Å². The van der Waals surface area contributed by atoms with Crippen LogP contribution >= 0.6 is 0 Å². The molecule has 0 spiro atoms. The number of sulfonamides is 1. The minimum Gasteiger partial charge on any atom is -0.367 e. The molecule has 3 aromatic rings. The van der Waals surface area contributed by atoms with Gasteiger partial charge in [-0.2, -0.15) is 9.40 Å². The molecule has 2 aliphatic heterocycles. The molecule has 4 heterocycles. The summed E-state index contributed by atoms with van der Waals surface area (Å²) >= 11 is 0. The minimum absolute atomic E-state index is 0.145. The number of anilines is 1. The van der Waals surface area contributed by atoms with Crippen molar-refractivity contribution in [3.63, 3.8) is 0 Å². The number of pyridine rings is 1. The zero-order valence-electron chi connectivity index (χ0n) is 20.6. The summed E-state index contributed by atoms with van der Waals surface area (Å²) in [5, 5.41) is 4.57. The van der Waals surface area contributed by atoms with Crippen molar-refractivity contribution in [2.75, 3.05) is 31.1 Å². The molecule has 194 valence electrons. The molecule has 0 saturated carbocycles. The highest BCUT2D eigenvalue weighted by atomic mass is 32.2. The molecule has 7 nitrogen and oxygen atoms in total. The number of hydrogen-bond acceptors (Lipinski definition) is 5. The Kier molecular flexibility index (Phi) is 5.91. The van der Waals surface area contributed by atoms with Crippen molar-refractivity contribution in [2.24, 2.45) is 5.41 Å². The number of rotatable bonds is 5. The lowest BCUT2D eigenvalue weighted by Crippen LogP contribution is -2.49. The van der Waals surface area contributed by atoms with Crippen LogP contribution in [0, 0.1) is 11.2 Å². The van der Waals surface area contributed by atoms with Crippen molar-refractivity contribution in [1.29, 1.82) is 0 Å². The number of aromatic nitrogens is 3. The summed E-state index contributed by atoms with van der Waals surface area (Å²) in [6.07, 6.45) is 8.59. The Morgan fingerprint density at radius 1 is 1.11 bits per heavy atom. The number of piperidine rings is 1. The molecular formula is C27H29F2N5O2S. The molecule has 2 saturated heterocycles. The zero-order chi connectivity index (χ0) is 25.8. The number of benzene rings is 1. The summed E-state index contributed by atoms with van der Waals surface area (Å²) in [5.74, 6) is -0.297. The zero-order valence-corrected chi connectivity index (χ0v) is 21.5. The van der Waals surface area contributed by atoms with Crippen LogP contribution < -0.4 is 4.90 Å². The van der Waals surface area contributed by atoms with Gasteiger partial charge in [0.25, 0.3) is 0 Å². The molecule has 1 aliphatic carbocycles. The van der Waals surface area contributed by atoms with E-state index in [9.17, 15) is 17.2 Å². The second kappa shape index (κ2) is 9.02. The quantitative estimate of drug-likeness (QED) is 0.494. The van der Waals surface area contributed by atoms with Crippen LogP contribution in [0.3, 0.4) is 0 Å². The van der Waals surface area contributed by atoms with E-state index < -0.39 is 16.2 Å². The molecule has 0 N–H and O–H groups in total. The fourth-order valence-electron chi connectivity index (χ4n) is 5.91. The fraction of sp³-hybridized carbons (Fsp3) is 0.407. The van der Waals surface area contributed by atoms with E-state index >= 15 is 0 Å². The maximum absolute atomic E-state index is 13.7. The van der Waals surface area contributed by atoms with E-state index in [-0.39, 0.29) is 22.7 Å². The van der Waals surface area contributed by atoms with Gasteiger partial charge in [0.2, 0.25) is 10.0 Å². The summed E-state index contributed by atoms with van der Waals surface area (Å²) in [7, 11) is -3.78. The molecule has 2 fully saturated rings. The molecule has 2 atom stereocenters. The lowest BCUT2D eigenvalue weighted by atomic mass is 9.67. The van der Waals surface area contributed by atoms with E-state index in [1.165, 1.54) is 23.9 Å². The predicted octanol–water partition coefficient (Wildman–Crippen LogP) is 4.39. The van der Waals surface area contributed by atoms with Crippen molar-refractivity contribution in [2.45, 2.75) is 43.7 Å². The second-order valence-electron chi connectivity index (χ2n) is 10.2. The second-order valence-corrected chi connectivity index (χ2v) is 12.2. The molecule has 6 rings (SSSR count). The van der Waals surface area contributed by atoms with Gasteiger partial charge < -0.3 is 4.90 Å². The highest BCUT2D eigenvalue weighted by molar-refractivity contribution is 7.89. The number of fused-ring (bicyclic) bond motifs is 2. The van der Waals surface area contributed by atoms with Crippen molar-refractivity contribution >= 4 is 21.8 Å². The normalized spacial score (nSPS) is 24.0. The van der Waals surface area contributed by atoms with Gasteiger partial charge in [0.15, 0.2) is 0 Å². The Morgan fingerprint density at radius 2 is 1.92 bits per heavy atom. The largest absolute Gasteiger partial charge is 0.367 e.